The van der Waals surface area contributed by atoms with Crippen LogP contribution >= 0.6 is 0 Å². The minimum Gasteiger partial charge on any atom is -0.506 e. The number of hydrogen-bond acceptors (Lipinski definition) is 5. The molecule has 5 rings (SSSR count). The molecule has 9 heteroatoms. The van der Waals surface area contributed by atoms with E-state index in [4.69, 9.17) is 0 Å². The number of phenolic OH excluding ortho intramolecular Hbond substituents is 1. The van der Waals surface area contributed by atoms with E-state index >= 15 is 0 Å². The van der Waals surface area contributed by atoms with Crippen molar-refractivity contribution in [3.05, 3.63) is 87.5 Å². The van der Waals surface area contributed by atoms with Gasteiger partial charge in [-0.15, -0.1) is 0 Å². The average molecular weight is 452 g/mol. The SMILES string of the molecule is O=c1[nH]c(-c2ccc(C(F)(F)F)cc2)nc2c1CN(Cc1ccc3cccc(O)c3n1)CC2. The molecule has 0 bridgehead atoms. The lowest BCUT2D eigenvalue weighted by Crippen LogP contribution is -2.35. The third-order valence-electron chi connectivity index (χ3n) is 5.78. The summed E-state index contributed by atoms with van der Waals surface area (Å²) in [5.74, 6) is 0.377. The predicted octanol–water partition coefficient (Wildman–Crippen LogP) is 4.27. The minimum atomic E-state index is -4.42. The number of phenols is 1. The summed E-state index contributed by atoms with van der Waals surface area (Å²) in [6, 6.07) is 13.6. The van der Waals surface area contributed by atoms with Crippen LogP contribution in [-0.4, -0.2) is 31.5 Å². The van der Waals surface area contributed by atoms with Crippen molar-refractivity contribution in [1.82, 2.24) is 19.9 Å². The lowest BCUT2D eigenvalue weighted by Gasteiger charge is -2.27. The largest absolute Gasteiger partial charge is 0.506 e. The highest BCUT2D eigenvalue weighted by Crippen LogP contribution is 2.30. The molecule has 0 radical (unpaired) electrons. The highest BCUT2D eigenvalue weighted by molar-refractivity contribution is 5.84. The monoisotopic (exact) mass is 452 g/mol. The molecule has 0 saturated carbocycles. The van der Waals surface area contributed by atoms with Gasteiger partial charge in [-0.1, -0.05) is 30.3 Å². The van der Waals surface area contributed by atoms with Crippen LogP contribution in [-0.2, 0) is 25.7 Å². The molecular formula is C24H19F3N4O2. The Morgan fingerprint density at radius 1 is 1.03 bits per heavy atom. The summed E-state index contributed by atoms with van der Waals surface area (Å²) in [7, 11) is 0. The van der Waals surface area contributed by atoms with Gasteiger partial charge in [0.2, 0.25) is 0 Å². The molecule has 0 amide bonds. The number of aromatic nitrogens is 3. The lowest BCUT2D eigenvalue weighted by molar-refractivity contribution is -0.137. The maximum absolute atomic E-state index is 12.8. The summed E-state index contributed by atoms with van der Waals surface area (Å²) in [6.45, 7) is 1.53. The molecular weight excluding hydrogens is 433 g/mol. The van der Waals surface area contributed by atoms with Gasteiger partial charge in [0, 0.05) is 37.0 Å². The normalized spacial score (nSPS) is 14.4. The number of aromatic amines is 1. The van der Waals surface area contributed by atoms with Gasteiger partial charge < -0.3 is 10.1 Å². The van der Waals surface area contributed by atoms with Crippen molar-refractivity contribution in [2.75, 3.05) is 6.54 Å². The maximum atomic E-state index is 12.8. The van der Waals surface area contributed by atoms with Crippen LogP contribution in [0.25, 0.3) is 22.3 Å². The zero-order chi connectivity index (χ0) is 23.2. The van der Waals surface area contributed by atoms with Gasteiger partial charge in [0.05, 0.1) is 22.5 Å². The van der Waals surface area contributed by atoms with Gasteiger partial charge in [0.1, 0.15) is 17.1 Å². The van der Waals surface area contributed by atoms with E-state index in [0.717, 1.165) is 23.2 Å². The number of halogens is 3. The summed E-state index contributed by atoms with van der Waals surface area (Å²) in [4.78, 5) is 26.6. The first kappa shape index (κ1) is 21.1. The summed E-state index contributed by atoms with van der Waals surface area (Å²) < 4.78 is 38.4. The van der Waals surface area contributed by atoms with Crippen LogP contribution in [0, 0.1) is 0 Å². The van der Waals surface area contributed by atoms with E-state index in [1.54, 1.807) is 12.1 Å². The van der Waals surface area contributed by atoms with E-state index < -0.39 is 11.7 Å². The first-order chi connectivity index (χ1) is 15.8. The smallest absolute Gasteiger partial charge is 0.416 e. The molecule has 2 aromatic heterocycles. The quantitative estimate of drug-likeness (QED) is 0.485. The summed E-state index contributed by atoms with van der Waals surface area (Å²) in [5, 5.41) is 10.9. The fourth-order valence-electron chi connectivity index (χ4n) is 4.06. The number of benzene rings is 2. The first-order valence-corrected chi connectivity index (χ1v) is 10.4. The van der Waals surface area contributed by atoms with E-state index in [2.05, 4.69) is 19.9 Å². The molecule has 0 unspecified atom stereocenters. The van der Waals surface area contributed by atoms with E-state index in [1.807, 2.05) is 18.2 Å². The zero-order valence-corrected chi connectivity index (χ0v) is 17.4. The van der Waals surface area contributed by atoms with Crippen LogP contribution in [0.5, 0.6) is 5.75 Å². The van der Waals surface area contributed by atoms with Crippen LogP contribution in [0.15, 0.2) is 59.4 Å². The standard InChI is InChI=1S/C24H19F3N4O2/c25-24(26,27)16-7-4-15(5-8-16)22-29-19-10-11-31(13-18(19)23(33)30-22)12-17-9-6-14-2-1-3-20(32)21(14)28-17/h1-9,32H,10-13H2,(H,29,30,33). The van der Waals surface area contributed by atoms with Crippen LogP contribution in [0.1, 0.15) is 22.5 Å². The van der Waals surface area contributed by atoms with E-state index in [1.165, 1.54) is 12.1 Å². The number of para-hydroxylation sites is 1. The number of pyridine rings is 1. The molecule has 6 nitrogen and oxygen atoms in total. The van der Waals surface area contributed by atoms with Gasteiger partial charge in [-0.25, -0.2) is 9.97 Å². The van der Waals surface area contributed by atoms with Crippen molar-refractivity contribution >= 4 is 10.9 Å². The molecule has 2 aromatic carbocycles. The second-order valence-corrected chi connectivity index (χ2v) is 8.03. The number of fused-ring (bicyclic) bond motifs is 2. The molecule has 2 N–H and O–H groups in total. The van der Waals surface area contributed by atoms with Gasteiger partial charge in [-0.05, 0) is 24.3 Å². The Bertz CT molecular complexity index is 1400. The van der Waals surface area contributed by atoms with Gasteiger partial charge >= 0.3 is 6.18 Å². The number of rotatable bonds is 3. The Labute approximate surface area is 186 Å². The topological polar surface area (TPSA) is 82.1 Å². The highest BCUT2D eigenvalue weighted by atomic mass is 19.4. The molecule has 0 atom stereocenters. The Morgan fingerprint density at radius 2 is 1.82 bits per heavy atom. The molecule has 0 aliphatic carbocycles. The van der Waals surface area contributed by atoms with Crippen molar-refractivity contribution in [2.24, 2.45) is 0 Å². The maximum Gasteiger partial charge on any atom is 0.416 e. The Balaban J connectivity index is 1.37. The van der Waals surface area contributed by atoms with Crippen LogP contribution in [0.3, 0.4) is 0 Å². The van der Waals surface area contributed by atoms with Crippen LogP contribution in [0.4, 0.5) is 13.2 Å². The van der Waals surface area contributed by atoms with Crippen molar-refractivity contribution in [3.63, 3.8) is 0 Å². The average Bonchev–Trinajstić information content (AvgIpc) is 2.79. The van der Waals surface area contributed by atoms with E-state index in [0.29, 0.717) is 48.4 Å². The predicted molar refractivity (Wildman–Crippen MR) is 117 cm³/mol. The Morgan fingerprint density at radius 3 is 2.58 bits per heavy atom. The molecule has 4 aromatic rings. The Hall–Kier alpha value is -3.72. The van der Waals surface area contributed by atoms with Gasteiger partial charge in [-0.2, -0.15) is 13.2 Å². The van der Waals surface area contributed by atoms with Crippen molar-refractivity contribution in [1.29, 1.82) is 0 Å². The van der Waals surface area contributed by atoms with E-state index in [-0.39, 0.29) is 17.1 Å². The molecule has 0 fully saturated rings. The van der Waals surface area contributed by atoms with Crippen LogP contribution < -0.4 is 5.56 Å². The van der Waals surface area contributed by atoms with Crippen molar-refractivity contribution in [3.8, 4) is 17.1 Å². The number of nitrogens with one attached hydrogen (secondary N) is 1. The third-order valence-corrected chi connectivity index (χ3v) is 5.78. The second kappa shape index (κ2) is 8.00. The minimum absolute atomic E-state index is 0.120. The second-order valence-electron chi connectivity index (χ2n) is 8.03. The Kier molecular flexibility index (Phi) is 5.13. The number of aromatic hydroxyl groups is 1. The lowest BCUT2D eigenvalue weighted by atomic mass is 10.1. The van der Waals surface area contributed by atoms with Crippen LogP contribution in [0.2, 0.25) is 0 Å². The van der Waals surface area contributed by atoms with Gasteiger partial charge in [0.25, 0.3) is 5.56 Å². The molecule has 0 saturated heterocycles. The molecule has 0 spiro atoms. The number of H-pyrrole nitrogens is 1. The molecule has 3 heterocycles. The molecule has 168 valence electrons. The number of nitrogens with zero attached hydrogens (tertiary/aromatic N) is 3. The number of alkyl halides is 3. The fraction of sp³-hybridized carbons (Fsp3) is 0.208. The van der Waals surface area contributed by atoms with E-state index in [9.17, 15) is 23.1 Å². The first-order valence-electron chi connectivity index (χ1n) is 10.4. The van der Waals surface area contributed by atoms with Crippen molar-refractivity contribution in [2.45, 2.75) is 25.7 Å². The van der Waals surface area contributed by atoms with Gasteiger partial charge in [-0.3, -0.25) is 9.69 Å². The highest BCUT2D eigenvalue weighted by Gasteiger charge is 2.30. The number of hydrogen-bond donors (Lipinski definition) is 2. The van der Waals surface area contributed by atoms with Gasteiger partial charge in [0.15, 0.2) is 0 Å². The summed E-state index contributed by atoms with van der Waals surface area (Å²) >= 11 is 0. The summed E-state index contributed by atoms with van der Waals surface area (Å²) in [6.07, 6.45) is -3.89. The summed E-state index contributed by atoms with van der Waals surface area (Å²) in [5.41, 5.74) is 1.87. The molecule has 1 aliphatic rings. The third kappa shape index (κ3) is 4.19. The molecule has 33 heavy (non-hydrogen) atoms. The van der Waals surface area contributed by atoms with Crippen molar-refractivity contribution < 1.29 is 18.3 Å². The fourth-order valence-corrected chi connectivity index (χ4v) is 4.06. The zero-order valence-electron chi connectivity index (χ0n) is 17.4. The molecule has 1 aliphatic heterocycles.